The molecule has 0 saturated carbocycles. The van der Waals surface area contributed by atoms with Gasteiger partial charge in [-0.3, -0.25) is 0 Å². The first-order chi connectivity index (χ1) is 8.29. The van der Waals surface area contributed by atoms with Crippen molar-refractivity contribution in [2.45, 2.75) is 25.2 Å². The third-order valence-electron chi connectivity index (χ3n) is 2.54. The van der Waals surface area contributed by atoms with Crippen LogP contribution in [0.3, 0.4) is 0 Å². The Morgan fingerprint density at radius 1 is 1.00 bits per heavy atom. The third-order valence-corrected chi connectivity index (χ3v) is 7.44. The van der Waals surface area contributed by atoms with E-state index in [0.717, 1.165) is 15.4 Å². The minimum Gasteiger partial charge on any atom is -0.156 e. The van der Waals surface area contributed by atoms with Gasteiger partial charge in [0.25, 0.3) is 0 Å². The van der Waals surface area contributed by atoms with E-state index in [-0.39, 0.29) is 0 Å². The second-order valence-electron chi connectivity index (χ2n) is 4.20. The first-order valence-electron chi connectivity index (χ1n) is 5.62. The zero-order valence-corrected chi connectivity index (χ0v) is 13.5. The molecule has 2 unspecified atom stereocenters. The molecule has 5 heteroatoms. The van der Waals surface area contributed by atoms with E-state index in [1.165, 1.54) is 32.8 Å². The van der Waals surface area contributed by atoms with E-state index in [4.69, 9.17) is 0 Å². The first kappa shape index (κ1) is 13.0. The molecule has 2 aliphatic rings. The fourth-order valence-electron chi connectivity index (χ4n) is 1.43. The highest BCUT2D eigenvalue weighted by Gasteiger charge is 2.23. The SMILES string of the molecule is Sc1cc(SCC2CS2)cc(SCC2CS2)c1. The van der Waals surface area contributed by atoms with Gasteiger partial charge in [-0.2, -0.15) is 23.5 Å². The van der Waals surface area contributed by atoms with Gasteiger partial charge in [-0.25, -0.2) is 0 Å². The summed E-state index contributed by atoms with van der Waals surface area (Å²) < 4.78 is 0. The standard InChI is InChI=1S/C12H14S5/c13-8-1-9(14-4-11-6-16-11)3-10(2-8)15-5-12-7-17-12/h1-3,11-13H,4-7H2. The molecule has 2 heterocycles. The summed E-state index contributed by atoms with van der Waals surface area (Å²) >= 11 is 12.6. The van der Waals surface area contributed by atoms with Crippen molar-refractivity contribution in [3.05, 3.63) is 18.2 Å². The number of hydrogen-bond acceptors (Lipinski definition) is 5. The lowest BCUT2D eigenvalue weighted by Crippen LogP contribution is -1.89. The molecule has 1 aromatic carbocycles. The first-order valence-corrected chi connectivity index (χ1v) is 10.1. The van der Waals surface area contributed by atoms with Crippen molar-refractivity contribution >= 4 is 59.7 Å². The summed E-state index contributed by atoms with van der Waals surface area (Å²) in [6.07, 6.45) is 0. The number of hydrogen-bond donors (Lipinski definition) is 1. The van der Waals surface area contributed by atoms with Crippen LogP contribution in [0.15, 0.2) is 32.9 Å². The molecule has 2 aliphatic heterocycles. The fourth-order valence-corrected chi connectivity index (χ4v) is 5.78. The van der Waals surface area contributed by atoms with Crippen LogP contribution < -0.4 is 0 Å². The van der Waals surface area contributed by atoms with E-state index in [1.807, 2.05) is 23.5 Å². The van der Waals surface area contributed by atoms with E-state index >= 15 is 0 Å². The molecule has 0 bridgehead atoms. The van der Waals surface area contributed by atoms with Crippen molar-refractivity contribution in [3.63, 3.8) is 0 Å². The lowest BCUT2D eigenvalue weighted by Gasteiger charge is -2.06. The number of rotatable bonds is 6. The Kier molecular flexibility index (Phi) is 4.54. The van der Waals surface area contributed by atoms with Crippen molar-refractivity contribution < 1.29 is 0 Å². The van der Waals surface area contributed by atoms with Crippen molar-refractivity contribution in [3.8, 4) is 0 Å². The van der Waals surface area contributed by atoms with Crippen LogP contribution >= 0.6 is 59.7 Å². The van der Waals surface area contributed by atoms with Crippen molar-refractivity contribution in [2.75, 3.05) is 23.0 Å². The van der Waals surface area contributed by atoms with Crippen molar-refractivity contribution in [1.82, 2.24) is 0 Å². The van der Waals surface area contributed by atoms with E-state index in [0.29, 0.717) is 0 Å². The Morgan fingerprint density at radius 2 is 1.47 bits per heavy atom. The van der Waals surface area contributed by atoms with Crippen LogP contribution in [0.4, 0.5) is 0 Å². The van der Waals surface area contributed by atoms with E-state index < -0.39 is 0 Å². The number of thioether (sulfide) groups is 4. The fraction of sp³-hybridized carbons (Fsp3) is 0.500. The molecule has 0 N–H and O–H groups in total. The van der Waals surface area contributed by atoms with Crippen LogP contribution in [-0.2, 0) is 0 Å². The summed E-state index contributed by atoms with van der Waals surface area (Å²) in [5.74, 6) is 5.22. The topological polar surface area (TPSA) is 0 Å². The number of benzene rings is 1. The molecule has 0 spiro atoms. The molecule has 0 aromatic heterocycles. The molecular weight excluding hydrogens is 304 g/mol. The molecule has 3 rings (SSSR count). The van der Waals surface area contributed by atoms with Gasteiger partial charge in [0.05, 0.1) is 0 Å². The molecular formula is C12H14S5. The molecule has 0 radical (unpaired) electrons. The molecule has 0 amide bonds. The van der Waals surface area contributed by atoms with E-state index in [1.54, 1.807) is 0 Å². The van der Waals surface area contributed by atoms with Crippen molar-refractivity contribution in [2.24, 2.45) is 0 Å². The largest absolute Gasteiger partial charge is 0.156 e. The van der Waals surface area contributed by atoms with Crippen LogP contribution in [0.1, 0.15) is 0 Å². The van der Waals surface area contributed by atoms with Crippen LogP contribution in [-0.4, -0.2) is 33.5 Å². The maximum atomic E-state index is 4.51. The van der Waals surface area contributed by atoms with Crippen LogP contribution in [0, 0.1) is 0 Å². The van der Waals surface area contributed by atoms with Gasteiger partial charge in [0.2, 0.25) is 0 Å². The Hall–Kier alpha value is 0.970. The summed E-state index contributed by atoms with van der Waals surface area (Å²) in [7, 11) is 0. The predicted molar refractivity (Wildman–Crippen MR) is 87.6 cm³/mol. The third kappa shape index (κ3) is 4.53. The predicted octanol–water partition coefficient (Wildman–Crippen LogP) is 4.39. The summed E-state index contributed by atoms with van der Waals surface area (Å²) in [4.78, 5) is 3.87. The summed E-state index contributed by atoms with van der Waals surface area (Å²) in [6.45, 7) is 0. The zero-order valence-electron chi connectivity index (χ0n) is 9.30. The van der Waals surface area contributed by atoms with Gasteiger partial charge in [0, 0.05) is 48.2 Å². The Morgan fingerprint density at radius 3 is 1.88 bits per heavy atom. The van der Waals surface area contributed by atoms with Gasteiger partial charge < -0.3 is 0 Å². The molecule has 92 valence electrons. The lowest BCUT2D eigenvalue weighted by atomic mass is 10.4. The average Bonchev–Trinajstić information content (AvgIpc) is 3.15. The normalized spacial score (nSPS) is 25.9. The van der Waals surface area contributed by atoms with E-state index in [9.17, 15) is 0 Å². The van der Waals surface area contributed by atoms with E-state index in [2.05, 4.69) is 54.4 Å². The highest BCUT2D eigenvalue weighted by Crippen LogP contribution is 2.38. The van der Waals surface area contributed by atoms with Crippen molar-refractivity contribution in [1.29, 1.82) is 0 Å². The van der Waals surface area contributed by atoms with Gasteiger partial charge in [-0.05, 0) is 18.2 Å². The monoisotopic (exact) mass is 318 g/mol. The molecule has 17 heavy (non-hydrogen) atoms. The Labute approximate surface area is 125 Å². The zero-order chi connectivity index (χ0) is 11.7. The highest BCUT2D eigenvalue weighted by molar-refractivity contribution is 8.09. The highest BCUT2D eigenvalue weighted by atomic mass is 32.2. The van der Waals surface area contributed by atoms with Gasteiger partial charge in [0.15, 0.2) is 0 Å². The second kappa shape index (κ2) is 5.95. The van der Waals surface area contributed by atoms with Crippen LogP contribution in [0.25, 0.3) is 0 Å². The minimum atomic E-state index is 0.905. The Balaban J connectivity index is 1.60. The van der Waals surface area contributed by atoms with Crippen LogP contribution in [0.2, 0.25) is 0 Å². The lowest BCUT2D eigenvalue weighted by molar-refractivity contribution is 1.20. The average molecular weight is 319 g/mol. The summed E-state index contributed by atoms with van der Waals surface area (Å²) in [6, 6.07) is 6.71. The van der Waals surface area contributed by atoms with Crippen LogP contribution in [0.5, 0.6) is 0 Å². The van der Waals surface area contributed by atoms with Gasteiger partial charge in [0.1, 0.15) is 0 Å². The quantitative estimate of drug-likeness (QED) is 0.469. The molecule has 1 aromatic rings. The smallest absolute Gasteiger partial charge is 0.0232 e. The second-order valence-corrected chi connectivity index (χ2v) is 9.57. The van der Waals surface area contributed by atoms with Gasteiger partial charge in [-0.1, -0.05) is 0 Å². The molecule has 2 atom stereocenters. The maximum absolute atomic E-state index is 4.51. The molecule has 0 aliphatic carbocycles. The summed E-state index contributed by atoms with van der Waals surface area (Å²) in [5.41, 5.74) is 0. The molecule has 2 saturated heterocycles. The molecule has 0 nitrogen and oxygen atoms in total. The maximum Gasteiger partial charge on any atom is 0.0232 e. The van der Waals surface area contributed by atoms with Gasteiger partial charge in [-0.15, -0.1) is 36.2 Å². The Bertz CT molecular complexity index is 364. The molecule has 2 fully saturated rings. The minimum absolute atomic E-state index is 0.905. The summed E-state index contributed by atoms with van der Waals surface area (Å²) in [5, 5.41) is 1.81. The van der Waals surface area contributed by atoms with Gasteiger partial charge >= 0.3 is 0 Å². The number of thiol groups is 1.